The van der Waals surface area contributed by atoms with Gasteiger partial charge in [0.25, 0.3) is 0 Å². The van der Waals surface area contributed by atoms with Crippen molar-refractivity contribution in [3.8, 4) is 6.07 Å². The third-order valence-corrected chi connectivity index (χ3v) is 3.66. The lowest BCUT2D eigenvalue weighted by Gasteiger charge is -2.35. The molecule has 0 aliphatic carbocycles. The quantitative estimate of drug-likeness (QED) is 0.665. The molecule has 1 aliphatic heterocycles. The van der Waals surface area contributed by atoms with Crippen molar-refractivity contribution < 1.29 is 4.92 Å². The van der Waals surface area contributed by atoms with Crippen LogP contribution in [0.5, 0.6) is 0 Å². The van der Waals surface area contributed by atoms with Crippen molar-refractivity contribution in [1.29, 1.82) is 5.26 Å². The smallest absolute Gasteiger partial charge is 0.328 e. The van der Waals surface area contributed by atoms with Gasteiger partial charge in [0.05, 0.1) is 4.92 Å². The van der Waals surface area contributed by atoms with E-state index in [1.54, 1.807) is 0 Å². The van der Waals surface area contributed by atoms with Gasteiger partial charge >= 0.3 is 5.69 Å². The fourth-order valence-corrected chi connectivity index (χ4v) is 2.58. The lowest BCUT2D eigenvalue weighted by molar-refractivity contribution is -0.384. The van der Waals surface area contributed by atoms with E-state index in [0.29, 0.717) is 5.92 Å². The lowest BCUT2D eigenvalue weighted by atomic mass is 9.94. The Balaban J connectivity index is 2.26. The van der Waals surface area contributed by atoms with E-state index in [4.69, 9.17) is 5.26 Å². The standard InChI is InChI=1S/C13H17N5O2/c1-9-8-17(2)6-4-11(9)16-13-12(18(19)20)10(7-14)3-5-15-13/h3,5,9,11H,4,6,8H2,1-2H3,(H,15,16). The largest absolute Gasteiger partial charge is 0.361 e. The molecular formula is C13H17N5O2. The van der Waals surface area contributed by atoms with Gasteiger partial charge in [0.15, 0.2) is 0 Å². The summed E-state index contributed by atoms with van der Waals surface area (Å²) < 4.78 is 0. The second kappa shape index (κ2) is 5.84. The summed E-state index contributed by atoms with van der Waals surface area (Å²) in [4.78, 5) is 16.9. The fraction of sp³-hybridized carbons (Fsp3) is 0.538. The Morgan fingerprint density at radius 1 is 1.65 bits per heavy atom. The molecule has 1 aromatic heterocycles. The van der Waals surface area contributed by atoms with E-state index < -0.39 is 4.92 Å². The molecule has 106 valence electrons. The van der Waals surface area contributed by atoms with Crippen LogP contribution in [0.15, 0.2) is 12.3 Å². The molecule has 2 heterocycles. The molecule has 1 N–H and O–H groups in total. The van der Waals surface area contributed by atoms with Gasteiger partial charge < -0.3 is 10.2 Å². The van der Waals surface area contributed by atoms with Crippen LogP contribution < -0.4 is 5.32 Å². The molecule has 2 unspecified atom stereocenters. The molecule has 7 nitrogen and oxygen atoms in total. The molecule has 0 spiro atoms. The van der Waals surface area contributed by atoms with Crippen LogP contribution in [0.2, 0.25) is 0 Å². The van der Waals surface area contributed by atoms with E-state index in [9.17, 15) is 10.1 Å². The normalized spacial score (nSPS) is 23.1. The summed E-state index contributed by atoms with van der Waals surface area (Å²) in [7, 11) is 2.06. The van der Waals surface area contributed by atoms with Gasteiger partial charge in [-0.1, -0.05) is 6.92 Å². The van der Waals surface area contributed by atoms with Crippen LogP contribution in [0.3, 0.4) is 0 Å². The van der Waals surface area contributed by atoms with Gasteiger partial charge in [-0.15, -0.1) is 0 Å². The zero-order valence-corrected chi connectivity index (χ0v) is 11.5. The van der Waals surface area contributed by atoms with E-state index in [-0.39, 0.29) is 23.1 Å². The van der Waals surface area contributed by atoms with E-state index in [1.807, 2.05) is 6.07 Å². The Hall–Kier alpha value is -2.20. The molecule has 2 rings (SSSR count). The number of nitro groups is 1. The third-order valence-electron chi connectivity index (χ3n) is 3.66. The zero-order valence-electron chi connectivity index (χ0n) is 11.5. The first-order valence-corrected chi connectivity index (χ1v) is 6.51. The summed E-state index contributed by atoms with van der Waals surface area (Å²) in [5, 5.41) is 23.3. The molecule has 1 saturated heterocycles. The average Bonchev–Trinajstić information content (AvgIpc) is 2.41. The summed E-state index contributed by atoms with van der Waals surface area (Å²) in [5.41, 5.74) is -0.200. The predicted molar refractivity (Wildman–Crippen MR) is 74.3 cm³/mol. The monoisotopic (exact) mass is 275 g/mol. The minimum Gasteiger partial charge on any atom is -0.361 e. The van der Waals surface area contributed by atoms with Crippen LogP contribution in [0.25, 0.3) is 0 Å². The number of nitrogens with one attached hydrogen (secondary N) is 1. The van der Waals surface area contributed by atoms with Gasteiger partial charge in [-0.25, -0.2) is 4.98 Å². The SMILES string of the molecule is CC1CN(C)CCC1Nc1nccc(C#N)c1[N+](=O)[O-]. The number of hydrogen-bond acceptors (Lipinski definition) is 6. The number of rotatable bonds is 3. The predicted octanol–water partition coefficient (Wildman–Crippen LogP) is 1.61. The van der Waals surface area contributed by atoms with Crippen molar-refractivity contribution in [3.63, 3.8) is 0 Å². The maximum absolute atomic E-state index is 11.1. The number of hydrogen-bond donors (Lipinski definition) is 1. The van der Waals surface area contributed by atoms with Crippen molar-refractivity contribution in [2.45, 2.75) is 19.4 Å². The summed E-state index contributed by atoms with van der Waals surface area (Å²) in [6.07, 6.45) is 2.32. The second-order valence-electron chi connectivity index (χ2n) is 5.20. The van der Waals surface area contributed by atoms with E-state index in [1.165, 1.54) is 12.3 Å². The molecule has 0 bridgehead atoms. The Bertz CT molecular complexity index is 554. The van der Waals surface area contributed by atoms with Gasteiger partial charge in [-0.3, -0.25) is 10.1 Å². The molecule has 7 heteroatoms. The van der Waals surface area contributed by atoms with Crippen molar-refractivity contribution in [1.82, 2.24) is 9.88 Å². The molecule has 1 fully saturated rings. The summed E-state index contributed by atoms with van der Waals surface area (Å²) >= 11 is 0. The molecule has 1 aliphatic rings. The van der Waals surface area contributed by atoms with E-state index >= 15 is 0 Å². The summed E-state index contributed by atoms with van der Waals surface area (Å²) in [6.45, 7) is 3.98. The van der Waals surface area contributed by atoms with Crippen LogP contribution in [0.1, 0.15) is 18.9 Å². The third kappa shape index (κ3) is 2.86. The molecule has 0 amide bonds. The molecule has 1 aromatic rings. The first kappa shape index (κ1) is 14.2. The highest BCUT2D eigenvalue weighted by atomic mass is 16.6. The maximum atomic E-state index is 11.1. The van der Waals surface area contributed by atoms with Crippen LogP contribution in [0.4, 0.5) is 11.5 Å². The number of nitriles is 1. The van der Waals surface area contributed by atoms with Gasteiger partial charge in [-0.05, 0) is 32.0 Å². The molecule has 2 atom stereocenters. The highest BCUT2D eigenvalue weighted by Gasteiger charge is 2.28. The highest BCUT2D eigenvalue weighted by molar-refractivity contribution is 5.64. The van der Waals surface area contributed by atoms with E-state index in [0.717, 1.165) is 19.5 Å². The average molecular weight is 275 g/mol. The van der Waals surface area contributed by atoms with Crippen molar-refractivity contribution in [3.05, 3.63) is 27.9 Å². The number of pyridine rings is 1. The first-order chi connectivity index (χ1) is 9.52. The number of nitrogens with zero attached hydrogens (tertiary/aromatic N) is 4. The van der Waals surface area contributed by atoms with Crippen LogP contribution in [0, 0.1) is 27.4 Å². The minimum atomic E-state index is -0.548. The van der Waals surface area contributed by atoms with Crippen LogP contribution >= 0.6 is 0 Å². The maximum Gasteiger partial charge on any atom is 0.328 e. The summed E-state index contributed by atoms with van der Waals surface area (Å²) in [6, 6.07) is 3.34. The van der Waals surface area contributed by atoms with Crippen LogP contribution in [-0.4, -0.2) is 41.0 Å². The van der Waals surface area contributed by atoms with Gasteiger partial charge in [0.2, 0.25) is 5.82 Å². The Labute approximate surface area is 117 Å². The minimum absolute atomic E-state index is 0.0353. The van der Waals surface area contributed by atoms with Gasteiger partial charge in [0, 0.05) is 18.8 Å². The molecule has 0 radical (unpaired) electrons. The van der Waals surface area contributed by atoms with Crippen molar-refractivity contribution >= 4 is 11.5 Å². The first-order valence-electron chi connectivity index (χ1n) is 6.51. The number of piperidine rings is 1. The number of aromatic nitrogens is 1. The summed E-state index contributed by atoms with van der Waals surface area (Å²) in [5.74, 6) is 0.552. The zero-order chi connectivity index (χ0) is 14.7. The Kier molecular flexibility index (Phi) is 4.15. The number of likely N-dealkylation sites (tertiary alicyclic amines) is 1. The van der Waals surface area contributed by atoms with E-state index in [2.05, 4.69) is 29.2 Å². The van der Waals surface area contributed by atoms with Gasteiger partial charge in [0.1, 0.15) is 11.6 Å². The van der Waals surface area contributed by atoms with Crippen molar-refractivity contribution in [2.24, 2.45) is 5.92 Å². The number of anilines is 1. The van der Waals surface area contributed by atoms with Crippen LogP contribution in [-0.2, 0) is 0 Å². The highest BCUT2D eigenvalue weighted by Crippen LogP contribution is 2.28. The molecule has 0 saturated carbocycles. The molecule has 0 aromatic carbocycles. The second-order valence-corrected chi connectivity index (χ2v) is 5.20. The Morgan fingerprint density at radius 3 is 3.00 bits per heavy atom. The topological polar surface area (TPSA) is 95.1 Å². The van der Waals surface area contributed by atoms with Gasteiger partial charge in [-0.2, -0.15) is 5.26 Å². The molecule has 20 heavy (non-hydrogen) atoms. The van der Waals surface area contributed by atoms with Crippen molar-refractivity contribution in [2.75, 3.05) is 25.5 Å². The molecular weight excluding hydrogens is 258 g/mol. The lowest BCUT2D eigenvalue weighted by Crippen LogP contribution is -2.43. The Morgan fingerprint density at radius 2 is 2.40 bits per heavy atom. The fourth-order valence-electron chi connectivity index (χ4n) is 2.58.